The summed E-state index contributed by atoms with van der Waals surface area (Å²) in [6.45, 7) is 1.10. The van der Waals surface area contributed by atoms with E-state index in [1.165, 1.54) is 18.9 Å². The van der Waals surface area contributed by atoms with Crippen LogP contribution in [0.3, 0.4) is 0 Å². The molecule has 3 rings (SSSR count). The molecule has 1 aliphatic heterocycles. The average molecular weight is 316 g/mol. The highest BCUT2D eigenvalue weighted by Crippen LogP contribution is 2.23. The minimum Gasteiger partial charge on any atom is -0.447 e. The summed E-state index contributed by atoms with van der Waals surface area (Å²) >= 11 is 1.88. The molecule has 5 nitrogen and oxygen atoms in total. The smallest absolute Gasteiger partial charge is 0.273 e. The van der Waals surface area contributed by atoms with E-state index in [9.17, 15) is 8.42 Å². The number of hydrogen-bond donors (Lipinski definition) is 2. The number of rotatable bonds is 7. The Bertz CT molecular complexity index is 546. The van der Waals surface area contributed by atoms with Gasteiger partial charge in [0.2, 0.25) is 5.09 Å². The molecule has 1 aromatic heterocycles. The van der Waals surface area contributed by atoms with Crippen LogP contribution in [0.2, 0.25) is 0 Å². The molecule has 1 aromatic rings. The average Bonchev–Trinajstić information content (AvgIpc) is 2.94. The van der Waals surface area contributed by atoms with Gasteiger partial charge < -0.3 is 9.73 Å². The molecule has 7 heteroatoms. The Labute approximate surface area is 123 Å². The third-order valence-corrected chi connectivity index (χ3v) is 6.16. The van der Waals surface area contributed by atoms with Gasteiger partial charge in [0.1, 0.15) is 5.76 Å². The Morgan fingerprint density at radius 3 is 2.85 bits per heavy atom. The maximum atomic E-state index is 12.1. The van der Waals surface area contributed by atoms with Gasteiger partial charge in [-0.15, -0.1) is 0 Å². The highest BCUT2D eigenvalue weighted by molar-refractivity contribution is 7.99. The zero-order valence-electron chi connectivity index (χ0n) is 11.3. The second-order valence-electron chi connectivity index (χ2n) is 5.46. The van der Waals surface area contributed by atoms with E-state index in [4.69, 9.17) is 4.42 Å². The van der Waals surface area contributed by atoms with Crippen molar-refractivity contribution in [1.82, 2.24) is 10.0 Å². The predicted molar refractivity (Wildman–Crippen MR) is 79.2 cm³/mol. The van der Waals surface area contributed by atoms with Gasteiger partial charge in [-0.3, -0.25) is 0 Å². The molecule has 1 unspecified atom stereocenters. The fourth-order valence-electron chi connectivity index (χ4n) is 2.17. The molecule has 1 atom stereocenters. The lowest BCUT2D eigenvalue weighted by Crippen LogP contribution is -2.29. The fourth-order valence-corrected chi connectivity index (χ4v) is 4.52. The maximum absolute atomic E-state index is 12.1. The third-order valence-electron chi connectivity index (χ3n) is 3.63. The summed E-state index contributed by atoms with van der Waals surface area (Å²) in [7, 11) is -3.50. The Hall–Kier alpha value is -0.500. The zero-order chi connectivity index (χ0) is 14.0. The van der Waals surface area contributed by atoms with Gasteiger partial charge in [-0.05, 0) is 48.8 Å². The normalized spacial score (nSPS) is 23.3. The summed E-state index contributed by atoms with van der Waals surface area (Å²) in [4.78, 5) is 0. The number of furan rings is 1. The molecule has 0 amide bonds. The number of nitrogens with one attached hydrogen (secondary N) is 2. The van der Waals surface area contributed by atoms with Gasteiger partial charge in [0.25, 0.3) is 10.0 Å². The Morgan fingerprint density at radius 2 is 2.15 bits per heavy atom. The molecule has 2 N–H and O–H groups in total. The van der Waals surface area contributed by atoms with Crippen LogP contribution in [-0.4, -0.2) is 32.5 Å². The van der Waals surface area contributed by atoms with Gasteiger partial charge >= 0.3 is 0 Å². The highest BCUT2D eigenvalue weighted by atomic mass is 32.2. The van der Waals surface area contributed by atoms with E-state index in [-0.39, 0.29) is 5.09 Å². The van der Waals surface area contributed by atoms with Crippen LogP contribution in [0.1, 0.15) is 25.0 Å². The quantitative estimate of drug-likeness (QED) is 0.799. The molecule has 0 radical (unpaired) electrons. The van der Waals surface area contributed by atoms with Gasteiger partial charge in [0.05, 0.1) is 6.54 Å². The topological polar surface area (TPSA) is 71.3 Å². The van der Waals surface area contributed by atoms with Gasteiger partial charge in [-0.25, -0.2) is 13.1 Å². The summed E-state index contributed by atoms with van der Waals surface area (Å²) in [6.07, 6.45) is 3.49. The Morgan fingerprint density at radius 1 is 1.30 bits per heavy atom. The minimum absolute atomic E-state index is 0.0238. The van der Waals surface area contributed by atoms with E-state index in [1.807, 2.05) is 11.8 Å². The van der Waals surface area contributed by atoms with Crippen molar-refractivity contribution in [3.63, 3.8) is 0 Å². The molecule has 0 bridgehead atoms. The van der Waals surface area contributed by atoms with E-state index in [2.05, 4.69) is 10.0 Å². The summed E-state index contributed by atoms with van der Waals surface area (Å²) in [6, 6.07) is 3.85. The first kappa shape index (κ1) is 14.4. The maximum Gasteiger partial charge on any atom is 0.273 e. The van der Waals surface area contributed by atoms with E-state index in [1.54, 1.807) is 6.07 Å². The summed E-state index contributed by atoms with van der Waals surface area (Å²) in [5.74, 6) is 3.29. The summed E-state index contributed by atoms with van der Waals surface area (Å²) in [5, 5.41) is 3.33. The van der Waals surface area contributed by atoms with Crippen molar-refractivity contribution in [2.45, 2.75) is 36.9 Å². The van der Waals surface area contributed by atoms with E-state index >= 15 is 0 Å². The van der Waals surface area contributed by atoms with E-state index < -0.39 is 10.0 Å². The summed E-state index contributed by atoms with van der Waals surface area (Å²) in [5.41, 5.74) is 0. The van der Waals surface area contributed by atoms with Crippen molar-refractivity contribution in [2.24, 2.45) is 5.92 Å². The van der Waals surface area contributed by atoms with Crippen molar-refractivity contribution in [3.05, 3.63) is 17.9 Å². The molecular weight excluding hydrogens is 296 g/mol. The first-order chi connectivity index (χ1) is 9.63. The molecule has 2 aliphatic rings. The van der Waals surface area contributed by atoms with Gasteiger partial charge in [-0.2, -0.15) is 11.8 Å². The first-order valence-corrected chi connectivity index (χ1v) is 9.67. The van der Waals surface area contributed by atoms with Crippen molar-refractivity contribution in [1.29, 1.82) is 0 Å². The van der Waals surface area contributed by atoms with Crippen LogP contribution in [-0.2, 0) is 16.6 Å². The van der Waals surface area contributed by atoms with Crippen LogP contribution in [0, 0.1) is 5.92 Å². The van der Waals surface area contributed by atoms with Gasteiger partial charge in [0, 0.05) is 12.6 Å². The lowest BCUT2D eigenvalue weighted by atomic mass is 10.1. The Balaban J connectivity index is 1.55. The molecule has 1 saturated heterocycles. The zero-order valence-corrected chi connectivity index (χ0v) is 12.9. The monoisotopic (exact) mass is 316 g/mol. The van der Waals surface area contributed by atoms with Gasteiger partial charge in [0.15, 0.2) is 0 Å². The van der Waals surface area contributed by atoms with Crippen LogP contribution in [0.5, 0.6) is 0 Å². The summed E-state index contributed by atoms with van der Waals surface area (Å²) < 4.78 is 32.3. The van der Waals surface area contributed by atoms with Crippen LogP contribution in [0.4, 0.5) is 0 Å². The third kappa shape index (κ3) is 3.78. The fraction of sp³-hybridized carbons (Fsp3) is 0.692. The number of hydrogen-bond acceptors (Lipinski definition) is 5. The molecule has 1 saturated carbocycles. The van der Waals surface area contributed by atoms with E-state index in [0.717, 1.165) is 17.9 Å². The second-order valence-corrected chi connectivity index (χ2v) is 8.31. The van der Waals surface area contributed by atoms with Crippen LogP contribution in [0.15, 0.2) is 21.6 Å². The van der Waals surface area contributed by atoms with Crippen molar-refractivity contribution in [3.8, 4) is 0 Å². The molecule has 1 aliphatic carbocycles. The predicted octanol–water partition coefficient (Wildman–Crippen LogP) is 1.56. The molecule has 20 heavy (non-hydrogen) atoms. The van der Waals surface area contributed by atoms with Crippen LogP contribution < -0.4 is 10.0 Å². The second kappa shape index (κ2) is 6.09. The molecular formula is C13H20N2O3S2. The Kier molecular flexibility index (Phi) is 4.40. The van der Waals surface area contributed by atoms with Crippen molar-refractivity contribution in [2.75, 3.05) is 18.1 Å². The van der Waals surface area contributed by atoms with Crippen molar-refractivity contribution < 1.29 is 12.8 Å². The standard InChI is InChI=1S/C13H20N2O3S2/c16-20(17,15-7-10-5-6-19-9-10)13-4-3-12(18-13)8-14-11-1-2-11/h3-4,10-11,14-15H,1-2,5-9H2. The number of thioether (sulfide) groups is 1. The van der Waals surface area contributed by atoms with E-state index in [0.29, 0.717) is 30.8 Å². The molecule has 2 fully saturated rings. The lowest BCUT2D eigenvalue weighted by Gasteiger charge is -2.09. The first-order valence-electron chi connectivity index (χ1n) is 7.03. The minimum atomic E-state index is -3.50. The largest absolute Gasteiger partial charge is 0.447 e. The van der Waals surface area contributed by atoms with Gasteiger partial charge in [-0.1, -0.05) is 0 Å². The van der Waals surface area contributed by atoms with Crippen LogP contribution >= 0.6 is 11.8 Å². The van der Waals surface area contributed by atoms with Crippen LogP contribution in [0.25, 0.3) is 0 Å². The molecule has 0 spiro atoms. The lowest BCUT2D eigenvalue weighted by molar-refractivity contribution is 0.398. The molecule has 0 aromatic carbocycles. The SMILES string of the molecule is O=S(=O)(NCC1CCSC1)c1ccc(CNC2CC2)o1. The number of sulfonamides is 1. The van der Waals surface area contributed by atoms with Crippen molar-refractivity contribution >= 4 is 21.8 Å². The molecule has 112 valence electrons. The molecule has 2 heterocycles. The highest BCUT2D eigenvalue weighted by Gasteiger charge is 2.24.